The van der Waals surface area contributed by atoms with Crippen LogP contribution in [0, 0.1) is 5.92 Å². The summed E-state index contributed by atoms with van der Waals surface area (Å²) >= 11 is 0. The van der Waals surface area contributed by atoms with Crippen LogP contribution in [-0.2, 0) is 0 Å². The highest BCUT2D eigenvalue weighted by molar-refractivity contribution is 4.94. The Morgan fingerprint density at radius 3 is 2.54 bits per heavy atom. The van der Waals surface area contributed by atoms with Crippen molar-refractivity contribution >= 4 is 0 Å². The van der Waals surface area contributed by atoms with Crippen molar-refractivity contribution in [3.8, 4) is 0 Å². The zero-order chi connectivity index (χ0) is 9.31. The molecule has 2 fully saturated rings. The summed E-state index contributed by atoms with van der Waals surface area (Å²) in [6.07, 6.45) is 7.49. The third-order valence-corrected chi connectivity index (χ3v) is 3.80. The first-order chi connectivity index (χ1) is 6.18. The van der Waals surface area contributed by atoms with Gasteiger partial charge in [0, 0.05) is 6.04 Å². The first-order valence-corrected chi connectivity index (χ1v) is 5.64. The molecule has 2 N–H and O–H groups in total. The number of aliphatic hydroxyl groups is 1. The summed E-state index contributed by atoms with van der Waals surface area (Å²) in [5, 5.41) is 13.5. The fraction of sp³-hybridized carbons (Fsp3) is 1.00. The van der Waals surface area contributed by atoms with E-state index < -0.39 is 5.60 Å². The molecule has 0 aromatic heterocycles. The molecule has 0 bridgehead atoms. The van der Waals surface area contributed by atoms with Crippen molar-refractivity contribution < 1.29 is 5.11 Å². The summed E-state index contributed by atoms with van der Waals surface area (Å²) in [6.45, 7) is 3.10. The van der Waals surface area contributed by atoms with Gasteiger partial charge >= 0.3 is 0 Å². The van der Waals surface area contributed by atoms with Crippen LogP contribution in [0.4, 0.5) is 0 Å². The molecule has 0 spiro atoms. The molecule has 13 heavy (non-hydrogen) atoms. The van der Waals surface area contributed by atoms with Crippen LogP contribution in [0.5, 0.6) is 0 Å². The fourth-order valence-corrected chi connectivity index (χ4v) is 2.48. The van der Waals surface area contributed by atoms with E-state index in [1.165, 1.54) is 25.7 Å². The minimum Gasteiger partial charge on any atom is -0.389 e. The van der Waals surface area contributed by atoms with E-state index in [4.69, 9.17) is 0 Å². The van der Waals surface area contributed by atoms with Crippen molar-refractivity contribution in [3.05, 3.63) is 0 Å². The van der Waals surface area contributed by atoms with Crippen LogP contribution in [0.15, 0.2) is 0 Å². The van der Waals surface area contributed by atoms with E-state index in [1.54, 1.807) is 0 Å². The van der Waals surface area contributed by atoms with E-state index in [0.717, 1.165) is 25.3 Å². The monoisotopic (exact) mass is 183 g/mol. The predicted molar refractivity (Wildman–Crippen MR) is 53.6 cm³/mol. The summed E-state index contributed by atoms with van der Waals surface area (Å²) in [4.78, 5) is 0. The van der Waals surface area contributed by atoms with Gasteiger partial charge in [0.2, 0.25) is 0 Å². The normalized spacial score (nSPS) is 40.6. The van der Waals surface area contributed by atoms with Gasteiger partial charge in [-0.2, -0.15) is 0 Å². The van der Waals surface area contributed by atoms with Crippen molar-refractivity contribution in [2.45, 2.75) is 57.1 Å². The van der Waals surface area contributed by atoms with E-state index in [1.807, 2.05) is 6.92 Å². The van der Waals surface area contributed by atoms with Crippen molar-refractivity contribution in [1.82, 2.24) is 5.32 Å². The average molecular weight is 183 g/mol. The lowest BCUT2D eigenvalue weighted by molar-refractivity contribution is 0.0366. The van der Waals surface area contributed by atoms with Crippen LogP contribution in [-0.4, -0.2) is 23.3 Å². The number of hydrogen-bond donors (Lipinski definition) is 2. The molecule has 2 saturated carbocycles. The van der Waals surface area contributed by atoms with Crippen molar-refractivity contribution in [1.29, 1.82) is 0 Å². The van der Waals surface area contributed by atoms with Crippen molar-refractivity contribution in [2.24, 2.45) is 5.92 Å². The second kappa shape index (κ2) is 3.58. The Kier molecular flexibility index (Phi) is 2.61. The zero-order valence-electron chi connectivity index (χ0n) is 8.55. The second-order valence-electron chi connectivity index (χ2n) is 5.01. The molecule has 2 rings (SSSR count). The Morgan fingerprint density at radius 1 is 1.31 bits per heavy atom. The van der Waals surface area contributed by atoms with Gasteiger partial charge in [-0.25, -0.2) is 0 Å². The SMILES string of the molecule is CC1(O)CCCC1NCC1CCC1. The van der Waals surface area contributed by atoms with Crippen LogP contribution in [0.2, 0.25) is 0 Å². The van der Waals surface area contributed by atoms with Crippen molar-refractivity contribution in [2.75, 3.05) is 6.54 Å². The molecule has 0 saturated heterocycles. The maximum absolute atomic E-state index is 10.00. The first kappa shape index (κ1) is 9.47. The Hall–Kier alpha value is -0.0800. The van der Waals surface area contributed by atoms with Gasteiger partial charge in [0.15, 0.2) is 0 Å². The molecule has 2 aliphatic carbocycles. The molecule has 2 nitrogen and oxygen atoms in total. The number of rotatable bonds is 3. The van der Waals surface area contributed by atoms with Crippen molar-refractivity contribution in [3.63, 3.8) is 0 Å². The van der Waals surface area contributed by atoms with Gasteiger partial charge in [-0.15, -0.1) is 0 Å². The minimum absolute atomic E-state index is 0.355. The van der Waals surface area contributed by atoms with Crippen LogP contribution in [0.1, 0.15) is 45.4 Å². The van der Waals surface area contributed by atoms with Gasteiger partial charge in [0.25, 0.3) is 0 Å². The Balaban J connectivity index is 1.73. The second-order valence-corrected chi connectivity index (χ2v) is 5.01. The average Bonchev–Trinajstić information content (AvgIpc) is 2.27. The van der Waals surface area contributed by atoms with Gasteiger partial charge in [0.05, 0.1) is 5.60 Å². The van der Waals surface area contributed by atoms with E-state index in [2.05, 4.69) is 5.32 Å². The smallest absolute Gasteiger partial charge is 0.0772 e. The fourth-order valence-electron chi connectivity index (χ4n) is 2.48. The maximum Gasteiger partial charge on any atom is 0.0772 e. The standard InChI is InChI=1S/C11H21NO/c1-11(13)7-3-6-10(11)12-8-9-4-2-5-9/h9-10,12-13H,2-8H2,1H3. The summed E-state index contributed by atoms with van der Waals surface area (Å²) < 4.78 is 0. The lowest BCUT2D eigenvalue weighted by Gasteiger charge is -2.31. The van der Waals surface area contributed by atoms with Gasteiger partial charge in [-0.05, 0) is 51.5 Å². The highest BCUT2D eigenvalue weighted by Gasteiger charge is 2.36. The maximum atomic E-state index is 10.00. The van der Waals surface area contributed by atoms with E-state index >= 15 is 0 Å². The van der Waals surface area contributed by atoms with E-state index in [9.17, 15) is 5.11 Å². The molecular formula is C11H21NO. The third kappa shape index (κ3) is 2.05. The van der Waals surface area contributed by atoms with Crippen LogP contribution < -0.4 is 5.32 Å². The molecule has 0 aromatic carbocycles. The predicted octanol–water partition coefficient (Wildman–Crippen LogP) is 1.68. The van der Waals surface area contributed by atoms with Gasteiger partial charge in [0.1, 0.15) is 0 Å². The van der Waals surface area contributed by atoms with Crippen LogP contribution in [0.25, 0.3) is 0 Å². The molecule has 2 atom stereocenters. The molecule has 0 aromatic rings. The van der Waals surface area contributed by atoms with E-state index in [-0.39, 0.29) is 0 Å². The van der Waals surface area contributed by atoms with Crippen LogP contribution in [0.3, 0.4) is 0 Å². The quantitative estimate of drug-likeness (QED) is 0.697. The summed E-state index contributed by atoms with van der Waals surface area (Å²) in [5.74, 6) is 0.899. The Bertz CT molecular complexity index is 175. The molecule has 2 heteroatoms. The topological polar surface area (TPSA) is 32.3 Å². The summed E-state index contributed by atoms with van der Waals surface area (Å²) in [6, 6.07) is 0.355. The lowest BCUT2D eigenvalue weighted by Crippen LogP contribution is -2.46. The molecule has 2 unspecified atom stereocenters. The first-order valence-electron chi connectivity index (χ1n) is 5.64. The Labute approximate surface area is 80.7 Å². The molecule has 0 amide bonds. The summed E-state index contributed by atoms with van der Waals surface area (Å²) in [5.41, 5.74) is -0.441. The molecule has 0 aliphatic heterocycles. The number of hydrogen-bond acceptors (Lipinski definition) is 2. The van der Waals surface area contributed by atoms with Gasteiger partial charge < -0.3 is 10.4 Å². The Morgan fingerprint density at radius 2 is 2.08 bits per heavy atom. The third-order valence-electron chi connectivity index (χ3n) is 3.80. The molecule has 0 radical (unpaired) electrons. The molecule has 76 valence electrons. The van der Waals surface area contributed by atoms with Gasteiger partial charge in [-0.3, -0.25) is 0 Å². The molecule has 2 aliphatic rings. The molecular weight excluding hydrogens is 162 g/mol. The van der Waals surface area contributed by atoms with E-state index in [0.29, 0.717) is 6.04 Å². The summed E-state index contributed by atoms with van der Waals surface area (Å²) in [7, 11) is 0. The number of nitrogens with one attached hydrogen (secondary N) is 1. The largest absolute Gasteiger partial charge is 0.389 e. The lowest BCUT2D eigenvalue weighted by atomic mass is 9.85. The minimum atomic E-state index is -0.441. The highest BCUT2D eigenvalue weighted by atomic mass is 16.3. The van der Waals surface area contributed by atoms with Crippen LogP contribution >= 0.6 is 0 Å². The zero-order valence-corrected chi connectivity index (χ0v) is 8.55. The highest BCUT2D eigenvalue weighted by Crippen LogP contribution is 2.31. The van der Waals surface area contributed by atoms with Gasteiger partial charge in [-0.1, -0.05) is 6.42 Å². The molecule has 0 heterocycles.